The Morgan fingerprint density at radius 2 is 1.82 bits per heavy atom. The number of hydrogen-bond acceptors (Lipinski definition) is 4. The molecule has 0 fully saturated rings. The Morgan fingerprint density at radius 3 is 2.50 bits per heavy atom. The first-order valence-electron chi connectivity index (χ1n) is 8.51. The summed E-state index contributed by atoms with van der Waals surface area (Å²) in [7, 11) is 0. The summed E-state index contributed by atoms with van der Waals surface area (Å²) in [6.07, 6.45) is 0.0504. The molecule has 146 valence electrons. The van der Waals surface area contributed by atoms with E-state index in [1.807, 2.05) is 36.4 Å². The van der Waals surface area contributed by atoms with Gasteiger partial charge in [0.05, 0.1) is 11.7 Å². The number of hydrogen-bond donors (Lipinski definition) is 0. The summed E-state index contributed by atoms with van der Waals surface area (Å²) in [5, 5.41) is 4.21. The third-order valence-corrected chi connectivity index (χ3v) is 3.56. The molecule has 1 aromatic heterocycles. The largest absolute Gasteiger partial charge is 0.416 e. The fourth-order valence-electron chi connectivity index (χ4n) is 2.30. The van der Waals surface area contributed by atoms with Crippen molar-refractivity contribution in [1.82, 2.24) is 14.8 Å². The summed E-state index contributed by atoms with van der Waals surface area (Å²) in [6, 6.07) is 12.8. The minimum atomic E-state index is -4.54. The molecule has 0 saturated heterocycles. The third-order valence-electron chi connectivity index (χ3n) is 3.56. The van der Waals surface area contributed by atoms with Crippen LogP contribution in [0.1, 0.15) is 25.0 Å². The predicted octanol–water partition coefficient (Wildman–Crippen LogP) is 5.31. The predicted molar refractivity (Wildman–Crippen MR) is 99.0 cm³/mol. The van der Waals surface area contributed by atoms with Crippen molar-refractivity contribution >= 4 is 12.3 Å². The lowest BCUT2D eigenvalue weighted by Gasteiger charge is -2.12. The van der Waals surface area contributed by atoms with Gasteiger partial charge in [0.1, 0.15) is 6.33 Å². The summed E-state index contributed by atoms with van der Waals surface area (Å²) in [5.74, 6) is 0.0629. The fourth-order valence-corrected chi connectivity index (χ4v) is 2.30. The van der Waals surface area contributed by atoms with Crippen LogP contribution in [0.3, 0.4) is 0 Å². The maximum Gasteiger partial charge on any atom is 0.416 e. The molecule has 0 bridgehead atoms. The molecule has 8 heteroatoms. The molecule has 3 rings (SSSR count). The quantitative estimate of drug-likeness (QED) is 0.423. The van der Waals surface area contributed by atoms with Crippen LogP contribution in [0.2, 0.25) is 0 Å². The van der Waals surface area contributed by atoms with Crippen molar-refractivity contribution in [3.8, 4) is 17.1 Å². The maximum absolute atomic E-state index is 13.2. The van der Waals surface area contributed by atoms with Gasteiger partial charge < -0.3 is 4.89 Å². The Labute approximate surface area is 160 Å². The molecule has 0 spiro atoms. The molecular weight excluding hydrogens is 371 g/mol. The van der Waals surface area contributed by atoms with Gasteiger partial charge in [0.25, 0.3) is 0 Å². The molecule has 0 N–H and O–H groups in total. The van der Waals surface area contributed by atoms with E-state index in [-0.39, 0.29) is 23.2 Å². The fraction of sp³-hybridized carbons (Fsp3) is 0.200. The van der Waals surface area contributed by atoms with Crippen molar-refractivity contribution in [2.24, 2.45) is 0 Å². The Kier molecular flexibility index (Phi) is 5.79. The van der Waals surface area contributed by atoms with E-state index in [2.05, 4.69) is 10.1 Å². The lowest BCUT2D eigenvalue weighted by Crippen LogP contribution is -2.09. The molecule has 2 aromatic carbocycles. The number of aromatic nitrogens is 3. The van der Waals surface area contributed by atoms with E-state index in [9.17, 15) is 13.2 Å². The summed E-state index contributed by atoms with van der Waals surface area (Å²) in [5.41, 5.74) is 0.257. The second-order valence-electron chi connectivity index (χ2n) is 6.25. The standard InChI is InChI=1S/C20H18F3N3O2/c1-14(2)27-28-18-11-16(10-17(12-18)20(21,22)23)19-24-13-26(25-19)9-8-15-6-4-3-5-7-15/h3-14H,1-2H3. The van der Waals surface area contributed by atoms with Crippen LogP contribution in [-0.2, 0) is 11.1 Å². The van der Waals surface area contributed by atoms with Gasteiger partial charge >= 0.3 is 6.18 Å². The molecule has 0 aliphatic carbocycles. The molecular formula is C20H18F3N3O2. The van der Waals surface area contributed by atoms with Gasteiger partial charge in [0, 0.05) is 11.8 Å². The number of benzene rings is 2. The van der Waals surface area contributed by atoms with E-state index in [0.29, 0.717) is 0 Å². The van der Waals surface area contributed by atoms with E-state index in [0.717, 1.165) is 17.7 Å². The number of rotatable bonds is 6. The monoisotopic (exact) mass is 389 g/mol. The van der Waals surface area contributed by atoms with Crippen molar-refractivity contribution in [2.45, 2.75) is 26.1 Å². The van der Waals surface area contributed by atoms with E-state index >= 15 is 0 Å². The van der Waals surface area contributed by atoms with Crippen molar-refractivity contribution in [2.75, 3.05) is 0 Å². The smallest absolute Gasteiger partial charge is 0.337 e. The van der Waals surface area contributed by atoms with Gasteiger partial charge in [-0.25, -0.2) is 9.67 Å². The lowest BCUT2D eigenvalue weighted by molar-refractivity contribution is -0.234. The van der Waals surface area contributed by atoms with Gasteiger partial charge in [-0.05, 0) is 43.7 Å². The van der Waals surface area contributed by atoms with Crippen LogP contribution in [0, 0.1) is 0 Å². The molecule has 28 heavy (non-hydrogen) atoms. The summed E-state index contributed by atoms with van der Waals surface area (Å²) in [4.78, 5) is 14.1. The molecule has 0 radical (unpaired) electrons. The van der Waals surface area contributed by atoms with Gasteiger partial charge in [-0.15, -0.1) is 5.10 Å². The Morgan fingerprint density at radius 1 is 1.07 bits per heavy atom. The van der Waals surface area contributed by atoms with Crippen molar-refractivity contribution in [1.29, 1.82) is 0 Å². The molecule has 0 saturated carbocycles. The van der Waals surface area contributed by atoms with Crippen LogP contribution in [0.25, 0.3) is 23.7 Å². The molecule has 0 unspecified atom stereocenters. The van der Waals surface area contributed by atoms with Gasteiger partial charge in [-0.1, -0.05) is 30.3 Å². The normalized spacial score (nSPS) is 12.1. The molecule has 3 aromatic rings. The highest BCUT2D eigenvalue weighted by Crippen LogP contribution is 2.35. The highest BCUT2D eigenvalue weighted by molar-refractivity contribution is 5.62. The molecule has 5 nitrogen and oxygen atoms in total. The molecule has 0 atom stereocenters. The van der Waals surface area contributed by atoms with Crippen LogP contribution in [-0.4, -0.2) is 20.9 Å². The second kappa shape index (κ2) is 8.26. The van der Waals surface area contributed by atoms with Crippen molar-refractivity contribution in [3.63, 3.8) is 0 Å². The van der Waals surface area contributed by atoms with Gasteiger partial charge in [-0.3, -0.25) is 0 Å². The number of halogens is 3. The first-order valence-corrected chi connectivity index (χ1v) is 8.51. The molecule has 0 aliphatic heterocycles. The number of alkyl halides is 3. The zero-order chi connectivity index (χ0) is 20.1. The Balaban J connectivity index is 1.89. The summed E-state index contributed by atoms with van der Waals surface area (Å²) < 4.78 is 41.1. The van der Waals surface area contributed by atoms with Crippen LogP contribution >= 0.6 is 0 Å². The van der Waals surface area contributed by atoms with E-state index < -0.39 is 11.7 Å². The zero-order valence-corrected chi connectivity index (χ0v) is 15.2. The Hall–Kier alpha value is -3.13. The zero-order valence-electron chi connectivity index (χ0n) is 15.2. The molecule has 1 heterocycles. The van der Waals surface area contributed by atoms with Crippen molar-refractivity contribution < 1.29 is 22.9 Å². The lowest BCUT2D eigenvalue weighted by atomic mass is 10.1. The summed E-state index contributed by atoms with van der Waals surface area (Å²) in [6.45, 7) is 3.41. The SMILES string of the molecule is CC(C)OOc1cc(-c2ncn(C=Cc3ccccc3)n2)cc(C(F)(F)F)c1. The van der Waals surface area contributed by atoms with Crippen LogP contribution in [0.15, 0.2) is 54.9 Å². The van der Waals surface area contributed by atoms with E-state index in [1.54, 1.807) is 20.0 Å². The van der Waals surface area contributed by atoms with Gasteiger partial charge in [-0.2, -0.15) is 18.1 Å². The van der Waals surface area contributed by atoms with Crippen LogP contribution in [0.4, 0.5) is 13.2 Å². The highest BCUT2D eigenvalue weighted by Gasteiger charge is 2.32. The number of nitrogens with zero attached hydrogens (tertiary/aromatic N) is 3. The average Bonchev–Trinajstić information content (AvgIpc) is 3.14. The molecule has 0 aliphatic rings. The third kappa shape index (κ3) is 5.20. The molecule has 0 amide bonds. The summed E-state index contributed by atoms with van der Waals surface area (Å²) >= 11 is 0. The van der Waals surface area contributed by atoms with Gasteiger partial charge in [0.15, 0.2) is 11.6 Å². The second-order valence-corrected chi connectivity index (χ2v) is 6.25. The Bertz CT molecular complexity index is 951. The van der Waals surface area contributed by atoms with Crippen LogP contribution < -0.4 is 4.89 Å². The first kappa shape index (κ1) is 19.6. The minimum absolute atomic E-state index is 0.0743. The van der Waals surface area contributed by atoms with Crippen LogP contribution in [0.5, 0.6) is 5.75 Å². The highest BCUT2D eigenvalue weighted by atomic mass is 19.4. The van der Waals surface area contributed by atoms with Crippen molar-refractivity contribution in [3.05, 3.63) is 66.0 Å². The van der Waals surface area contributed by atoms with E-state index in [4.69, 9.17) is 9.78 Å². The van der Waals surface area contributed by atoms with E-state index in [1.165, 1.54) is 17.1 Å². The van der Waals surface area contributed by atoms with Gasteiger partial charge in [0.2, 0.25) is 0 Å². The minimum Gasteiger partial charge on any atom is -0.337 e. The topological polar surface area (TPSA) is 49.2 Å². The average molecular weight is 389 g/mol. The maximum atomic E-state index is 13.2. The first-order chi connectivity index (χ1) is 13.3.